The van der Waals surface area contributed by atoms with Crippen molar-refractivity contribution in [2.24, 2.45) is 4.99 Å². The standard InChI is InChI=1S/C24H23N3O3S/c1-3-16-13-31-24-26-21(18-6-4-5-11-25-18)22(27(16)24)20-10-9-19(30-20)17-8-7-15(23(28)29)12-14(17)2/h4-12,16,21-22H,3,13H2,1-2H3,(H,28,29)/t16-,21+,22-/m1/s1. The smallest absolute Gasteiger partial charge is 0.335 e. The van der Waals surface area contributed by atoms with Crippen LogP contribution in [0.5, 0.6) is 0 Å². The third-order valence-corrected chi connectivity index (χ3v) is 7.11. The van der Waals surface area contributed by atoms with E-state index in [1.54, 1.807) is 30.1 Å². The van der Waals surface area contributed by atoms with E-state index in [0.29, 0.717) is 6.04 Å². The molecule has 7 heteroatoms. The van der Waals surface area contributed by atoms with Gasteiger partial charge in [-0.15, -0.1) is 0 Å². The van der Waals surface area contributed by atoms with E-state index in [2.05, 4.69) is 16.8 Å². The Balaban J connectivity index is 1.54. The quantitative estimate of drug-likeness (QED) is 0.586. The van der Waals surface area contributed by atoms with Crippen LogP contribution in [0.4, 0.5) is 0 Å². The molecule has 5 rings (SSSR count). The summed E-state index contributed by atoms with van der Waals surface area (Å²) >= 11 is 1.80. The number of carbonyl (C=O) groups is 1. The van der Waals surface area contributed by atoms with E-state index in [1.165, 1.54) is 0 Å². The predicted molar refractivity (Wildman–Crippen MR) is 121 cm³/mol. The van der Waals surface area contributed by atoms with Crippen LogP contribution in [0.15, 0.2) is 64.1 Å². The Morgan fingerprint density at radius 1 is 1.26 bits per heavy atom. The topological polar surface area (TPSA) is 78.9 Å². The van der Waals surface area contributed by atoms with Crippen LogP contribution in [-0.4, -0.2) is 37.9 Å². The van der Waals surface area contributed by atoms with Gasteiger partial charge >= 0.3 is 5.97 Å². The fourth-order valence-corrected chi connectivity index (χ4v) is 5.73. The lowest BCUT2D eigenvalue weighted by atomic mass is 10.0. The molecule has 158 valence electrons. The number of pyridine rings is 1. The van der Waals surface area contributed by atoms with Gasteiger partial charge in [0, 0.05) is 23.6 Å². The zero-order valence-electron chi connectivity index (χ0n) is 17.4. The number of aryl methyl sites for hydroxylation is 1. The first-order valence-corrected chi connectivity index (χ1v) is 11.4. The number of fused-ring (bicyclic) bond motifs is 1. The number of nitrogens with zero attached hydrogens (tertiary/aromatic N) is 3. The number of rotatable bonds is 5. The zero-order chi connectivity index (χ0) is 21.5. The first kappa shape index (κ1) is 19.9. The van der Waals surface area contributed by atoms with Crippen molar-refractivity contribution in [2.45, 2.75) is 38.4 Å². The molecule has 2 aromatic heterocycles. The van der Waals surface area contributed by atoms with Gasteiger partial charge in [0.05, 0.1) is 11.3 Å². The van der Waals surface area contributed by atoms with Gasteiger partial charge in [-0.2, -0.15) is 0 Å². The highest BCUT2D eigenvalue weighted by Gasteiger charge is 2.46. The van der Waals surface area contributed by atoms with Crippen molar-refractivity contribution in [1.29, 1.82) is 0 Å². The maximum absolute atomic E-state index is 11.3. The Bertz CT molecular complexity index is 1160. The largest absolute Gasteiger partial charge is 0.478 e. The molecule has 3 atom stereocenters. The summed E-state index contributed by atoms with van der Waals surface area (Å²) in [6.07, 6.45) is 2.85. The minimum Gasteiger partial charge on any atom is -0.478 e. The van der Waals surface area contributed by atoms with E-state index in [4.69, 9.17) is 9.41 Å². The fraction of sp³-hybridized carbons (Fsp3) is 0.292. The molecule has 0 radical (unpaired) electrons. The maximum Gasteiger partial charge on any atom is 0.335 e. The number of amidine groups is 1. The molecule has 0 bridgehead atoms. The second kappa shape index (κ2) is 7.89. The highest BCUT2D eigenvalue weighted by atomic mass is 32.2. The molecule has 0 aliphatic carbocycles. The van der Waals surface area contributed by atoms with Gasteiger partial charge in [-0.05, 0) is 55.3 Å². The van der Waals surface area contributed by atoms with Crippen LogP contribution in [0.3, 0.4) is 0 Å². The number of hydrogen-bond donors (Lipinski definition) is 1. The zero-order valence-corrected chi connectivity index (χ0v) is 18.2. The van der Waals surface area contributed by atoms with E-state index in [0.717, 1.165) is 45.7 Å². The van der Waals surface area contributed by atoms with Crippen LogP contribution in [0.1, 0.15) is 52.8 Å². The second-order valence-corrected chi connectivity index (χ2v) is 8.86. The summed E-state index contributed by atoms with van der Waals surface area (Å²) < 4.78 is 6.39. The number of aromatic nitrogens is 1. The van der Waals surface area contributed by atoms with Gasteiger partial charge in [-0.1, -0.05) is 30.8 Å². The van der Waals surface area contributed by atoms with Gasteiger partial charge in [-0.25, -0.2) is 9.79 Å². The minimum absolute atomic E-state index is 0.0443. The minimum atomic E-state index is -0.930. The highest BCUT2D eigenvalue weighted by Crippen LogP contribution is 2.49. The molecule has 31 heavy (non-hydrogen) atoms. The summed E-state index contributed by atoms with van der Waals surface area (Å²) in [5.74, 6) is 1.69. The van der Waals surface area contributed by atoms with Gasteiger partial charge in [0.25, 0.3) is 0 Å². The van der Waals surface area contributed by atoms with Crippen molar-refractivity contribution in [3.63, 3.8) is 0 Å². The number of carboxylic acid groups (broad SMARTS) is 1. The van der Waals surface area contributed by atoms with Crippen molar-refractivity contribution < 1.29 is 14.3 Å². The first-order valence-electron chi connectivity index (χ1n) is 10.4. The lowest BCUT2D eigenvalue weighted by Crippen LogP contribution is -2.35. The molecular formula is C24H23N3O3S. The maximum atomic E-state index is 11.3. The number of aromatic carboxylic acids is 1. The summed E-state index contributed by atoms with van der Waals surface area (Å²) in [6.45, 7) is 4.11. The van der Waals surface area contributed by atoms with Crippen molar-refractivity contribution >= 4 is 22.9 Å². The first-order chi connectivity index (χ1) is 15.1. The fourth-order valence-electron chi connectivity index (χ4n) is 4.39. The third kappa shape index (κ3) is 3.43. The molecule has 1 N–H and O–H groups in total. The Kier molecular flexibility index (Phi) is 5.06. The van der Waals surface area contributed by atoms with Crippen LogP contribution in [0.2, 0.25) is 0 Å². The number of benzene rings is 1. The molecule has 0 amide bonds. The van der Waals surface area contributed by atoms with E-state index >= 15 is 0 Å². The van der Waals surface area contributed by atoms with E-state index in [-0.39, 0.29) is 17.6 Å². The molecule has 0 unspecified atom stereocenters. The third-order valence-electron chi connectivity index (χ3n) is 5.99. The molecular weight excluding hydrogens is 410 g/mol. The molecule has 3 aromatic rings. The second-order valence-electron chi connectivity index (χ2n) is 7.87. The van der Waals surface area contributed by atoms with E-state index < -0.39 is 5.97 Å². The van der Waals surface area contributed by atoms with Gasteiger partial charge < -0.3 is 14.4 Å². The number of furan rings is 1. The van der Waals surface area contributed by atoms with Crippen LogP contribution in [0, 0.1) is 6.92 Å². The van der Waals surface area contributed by atoms with Gasteiger partial charge in [0.1, 0.15) is 23.6 Å². The van der Waals surface area contributed by atoms with Crippen LogP contribution in [0.25, 0.3) is 11.3 Å². The van der Waals surface area contributed by atoms with Crippen LogP contribution >= 0.6 is 11.8 Å². The number of hydrogen-bond acceptors (Lipinski definition) is 6. The summed E-state index contributed by atoms with van der Waals surface area (Å²) in [4.78, 5) is 23.3. The lowest BCUT2D eigenvalue weighted by Gasteiger charge is -2.30. The molecule has 1 aromatic carbocycles. The van der Waals surface area contributed by atoms with Crippen LogP contribution < -0.4 is 0 Å². The predicted octanol–water partition coefficient (Wildman–Crippen LogP) is 5.33. The van der Waals surface area contributed by atoms with E-state index in [9.17, 15) is 9.90 Å². The van der Waals surface area contributed by atoms with Gasteiger partial charge in [-0.3, -0.25) is 4.98 Å². The van der Waals surface area contributed by atoms with Gasteiger partial charge in [0.15, 0.2) is 5.17 Å². The summed E-state index contributed by atoms with van der Waals surface area (Å²) in [5, 5.41) is 10.3. The molecule has 4 heterocycles. The monoisotopic (exact) mass is 433 g/mol. The van der Waals surface area contributed by atoms with Crippen molar-refractivity contribution in [3.05, 3.63) is 77.3 Å². The average Bonchev–Trinajstić information content (AvgIpc) is 3.49. The Morgan fingerprint density at radius 3 is 2.84 bits per heavy atom. The Hall–Kier alpha value is -3.06. The Labute approximate surface area is 185 Å². The normalized spacial score (nSPS) is 22.5. The van der Waals surface area contributed by atoms with Crippen molar-refractivity contribution in [2.75, 3.05) is 5.75 Å². The molecule has 2 aliphatic rings. The Morgan fingerprint density at radius 2 is 2.13 bits per heavy atom. The number of thioether (sulfide) groups is 1. The van der Waals surface area contributed by atoms with Gasteiger partial charge in [0.2, 0.25) is 0 Å². The lowest BCUT2D eigenvalue weighted by molar-refractivity contribution is 0.0697. The molecule has 0 saturated carbocycles. The molecule has 1 saturated heterocycles. The molecule has 1 fully saturated rings. The SMILES string of the molecule is CC[C@@H]1CSC2=N[C@@H](c3ccccn3)[C@@H](c3ccc(-c4ccc(C(=O)O)cc4C)o3)N21. The summed E-state index contributed by atoms with van der Waals surface area (Å²) in [7, 11) is 0. The number of carboxylic acids is 1. The highest BCUT2D eigenvalue weighted by molar-refractivity contribution is 8.14. The summed E-state index contributed by atoms with van der Waals surface area (Å²) in [5.41, 5.74) is 2.97. The molecule has 0 spiro atoms. The average molecular weight is 434 g/mol. The van der Waals surface area contributed by atoms with Crippen molar-refractivity contribution in [1.82, 2.24) is 9.88 Å². The van der Waals surface area contributed by atoms with E-state index in [1.807, 2.05) is 43.3 Å². The van der Waals surface area contributed by atoms with Crippen LogP contribution in [-0.2, 0) is 0 Å². The summed E-state index contributed by atoms with van der Waals surface area (Å²) in [6, 6.07) is 15.3. The molecule has 2 aliphatic heterocycles. The van der Waals surface area contributed by atoms with Crippen molar-refractivity contribution in [3.8, 4) is 11.3 Å². The number of aliphatic imine (C=N–C) groups is 1. The molecule has 6 nitrogen and oxygen atoms in total.